The van der Waals surface area contributed by atoms with Crippen molar-refractivity contribution in [2.24, 2.45) is 17.6 Å². The van der Waals surface area contributed by atoms with E-state index in [1.54, 1.807) is 36.4 Å². The van der Waals surface area contributed by atoms with Crippen molar-refractivity contribution < 1.29 is 44.3 Å². The number of phenolic OH excluding ortho intramolecular Hbond substituents is 1. The van der Waals surface area contributed by atoms with Gasteiger partial charge in [-0.2, -0.15) is 0 Å². The second-order valence-corrected chi connectivity index (χ2v) is 9.23. The summed E-state index contributed by atoms with van der Waals surface area (Å²) in [5, 5.41) is 43.8. The molecule has 5 rings (SSSR count). The maximum absolute atomic E-state index is 13.7. The average Bonchev–Trinajstić information content (AvgIpc) is 2.84. The van der Waals surface area contributed by atoms with Crippen LogP contribution in [0.4, 0.5) is 0 Å². The second kappa shape index (κ2) is 8.59. The number of phenols is 1. The van der Waals surface area contributed by atoms with Crippen LogP contribution in [-0.4, -0.2) is 55.6 Å². The van der Waals surface area contributed by atoms with E-state index in [0.717, 1.165) is 0 Å². The number of primary amides is 1. The molecule has 10 heteroatoms. The number of hydrogen-bond donors (Lipinski definition) is 5. The van der Waals surface area contributed by atoms with Crippen LogP contribution in [0.5, 0.6) is 5.75 Å². The standard InChI is InChI=1S/C27H22NO9/c28-26(35)21-17(30)11-15-23(37-18(31)9-12-5-2-1-3-6-12)14-10-13-7-4-8-16(29)19(13)22(32)20(14)24(33)27(15,36)25(21)34/h1-8,10,14-15,23,29,32,34,36H,9,11H2,(H2,28,35)/t14-,15-,23+,27+/m1/s1. The highest BCUT2D eigenvalue weighted by Crippen LogP contribution is 2.53. The van der Waals surface area contributed by atoms with Crippen LogP contribution in [0.2, 0.25) is 0 Å². The van der Waals surface area contributed by atoms with Gasteiger partial charge < -0.3 is 30.9 Å². The smallest absolute Gasteiger partial charge is 0.310 e. The van der Waals surface area contributed by atoms with Gasteiger partial charge in [0.1, 0.15) is 28.9 Å². The molecule has 3 aliphatic rings. The lowest BCUT2D eigenvalue weighted by Crippen LogP contribution is -2.64. The Morgan fingerprint density at radius 3 is 2.41 bits per heavy atom. The molecule has 1 fully saturated rings. The molecule has 0 bridgehead atoms. The fraction of sp³-hybridized carbons (Fsp3) is 0.222. The van der Waals surface area contributed by atoms with Gasteiger partial charge in [-0.15, -0.1) is 0 Å². The van der Waals surface area contributed by atoms with E-state index in [9.17, 15) is 39.6 Å². The summed E-state index contributed by atoms with van der Waals surface area (Å²) in [6, 6.07) is 13.0. The third-order valence-corrected chi connectivity index (χ3v) is 7.12. The predicted octanol–water partition coefficient (Wildman–Crippen LogP) is 1.20. The van der Waals surface area contributed by atoms with Gasteiger partial charge in [0, 0.05) is 30.3 Å². The number of amides is 1. The number of aromatic hydroxyl groups is 1. The van der Waals surface area contributed by atoms with Crippen molar-refractivity contribution in [3.8, 4) is 5.75 Å². The van der Waals surface area contributed by atoms with Gasteiger partial charge in [-0.3, -0.25) is 19.2 Å². The Morgan fingerprint density at radius 1 is 1.03 bits per heavy atom. The number of ketones is 2. The number of aliphatic hydroxyl groups is 3. The van der Waals surface area contributed by atoms with E-state index in [4.69, 9.17) is 10.5 Å². The largest absolute Gasteiger partial charge is 0.508 e. The molecule has 189 valence electrons. The lowest BCUT2D eigenvalue weighted by molar-refractivity contribution is -0.175. The van der Waals surface area contributed by atoms with E-state index in [-0.39, 0.29) is 17.7 Å². The monoisotopic (exact) mass is 504 g/mol. The summed E-state index contributed by atoms with van der Waals surface area (Å²) in [5.41, 5.74) is 1.80. The highest BCUT2D eigenvalue weighted by Gasteiger charge is 2.65. The van der Waals surface area contributed by atoms with Crippen molar-refractivity contribution in [3.05, 3.63) is 88.5 Å². The molecule has 6 N–H and O–H groups in total. The number of carbonyl (C=O) groups is 4. The highest BCUT2D eigenvalue weighted by molar-refractivity contribution is 6.23. The number of esters is 1. The van der Waals surface area contributed by atoms with Crippen LogP contribution in [-0.2, 0) is 30.3 Å². The number of rotatable bonds is 4. The number of Topliss-reactive ketones (excluding diaryl/α,β-unsaturated/α-hetero) is 2. The fourth-order valence-corrected chi connectivity index (χ4v) is 5.44. The van der Waals surface area contributed by atoms with Crippen molar-refractivity contribution in [3.63, 3.8) is 0 Å². The maximum atomic E-state index is 13.7. The second-order valence-electron chi connectivity index (χ2n) is 9.23. The molecule has 2 aromatic rings. The van der Waals surface area contributed by atoms with Crippen molar-refractivity contribution in [1.29, 1.82) is 0 Å². The molecule has 0 aromatic heterocycles. The van der Waals surface area contributed by atoms with E-state index < -0.39 is 76.1 Å². The lowest BCUT2D eigenvalue weighted by atomic mass is 9.57. The van der Waals surface area contributed by atoms with E-state index in [1.165, 1.54) is 18.6 Å². The first kappa shape index (κ1) is 24.3. The zero-order valence-electron chi connectivity index (χ0n) is 19.2. The minimum atomic E-state index is -2.90. The molecular formula is C27H22NO9. The molecule has 0 unspecified atom stereocenters. The van der Waals surface area contributed by atoms with Crippen LogP contribution >= 0.6 is 0 Å². The summed E-state index contributed by atoms with van der Waals surface area (Å²) in [7, 11) is 0. The van der Waals surface area contributed by atoms with Crippen molar-refractivity contribution in [2.45, 2.75) is 24.5 Å². The summed E-state index contributed by atoms with van der Waals surface area (Å²) in [5.74, 6) is -9.17. The number of benzene rings is 2. The topological polar surface area (TPSA) is 184 Å². The van der Waals surface area contributed by atoms with Crippen molar-refractivity contribution in [2.75, 3.05) is 0 Å². The summed E-state index contributed by atoms with van der Waals surface area (Å²) in [4.78, 5) is 51.3. The Balaban J connectivity index is 1.67. The number of aliphatic hydroxyl groups excluding tert-OH is 2. The Labute approximate surface area is 210 Å². The van der Waals surface area contributed by atoms with Crippen LogP contribution in [0, 0.1) is 18.3 Å². The lowest BCUT2D eigenvalue weighted by Gasteiger charge is -2.49. The van der Waals surface area contributed by atoms with E-state index >= 15 is 0 Å². The number of fused-ring (bicyclic) bond motifs is 3. The molecule has 2 aromatic carbocycles. The van der Waals surface area contributed by atoms with Gasteiger partial charge in [-0.05, 0) is 17.2 Å². The van der Waals surface area contributed by atoms with E-state index in [0.29, 0.717) is 11.1 Å². The third-order valence-electron chi connectivity index (χ3n) is 7.12. The predicted molar refractivity (Wildman–Crippen MR) is 126 cm³/mol. The zero-order valence-corrected chi connectivity index (χ0v) is 19.2. The molecule has 1 amide bonds. The van der Waals surface area contributed by atoms with Gasteiger partial charge in [-0.1, -0.05) is 42.5 Å². The minimum absolute atomic E-state index is 0.0935. The Bertz CT molecular complexity index is 1420. The Hall–Kier alpha value is -4.44. The molecule has 0 spiro atoms. The molecule has 1 saturated carbocycles. The van der Waals surface area contributed by atoms with Gasteiger partial charge in [0.15, 0.2) is 11.4 Å². The number of hydrogen-bond acceptors (Lipinski definition) is 9. The molecule has 10 nitrogen and oxygen atoms in total. The van der Waals surface area contributed by atoms with E-state index in [2.05, 4.69) is 0 Å². The number of ether oxygens (including phenoxy) is 1. The third kappa shape index (κ3) is 3.60. The molecule has 4 atom stereocenters. The molecule has 1 radical (unpaired) electrons. The normalized spacial score (nSPS) is 26.8. The van der Waals surface area contributed by atoms with Gasteiger partial charge >= 0.3 is 5.97 Å². The van der Waals surface area contributed by atoms with Crippen molar-refractivity contribution in [1.82, 2.24) is 0 Å². The summed E-state index contributed by atoms with van der Waals surface area (Å²) in [6.07, 6.45) is -0.740. The first-order valence-corrected chi connectivity index (χ1v) is 11.4. The van der Waals surface area contributed by atoms with Crippen LogP contribution in [0.3, 0.4) is 0 Å². The van der Waals surface area contributed by atoms with Gasteiger partial charge in [-0.25, -0.2) is 0 Å². The molecule has 37 heavy (non-hydrogen) atoms. The Kier molecular flexibility index (Phi) is 5.64. The minimum Gasteiger partial charge on any atom is -0.508 e. The average molecular weight is 504 g/mol. The SMILES string of the molecule is NC(=O)C1=C(O)[C@@]2(O)C(=O)C3=C(O)c4c(O)cccc4[CH][C@H]3[C@H](OC(=O)Cc3ccccc3)[C@H]2CC1=O. The molecule has 0 saturated heterocycles. The molecular weight excluding hydrogens is 482 g/mol. The first-order chi connectivity index (χ1) is 17.6. The fourth-order valence-electron chi connectivity index (χ4n) is 5.44. The number of carbonyl (C=O) groups excluding carboxylic acids is 4. The van der Waals surface area contributed by atoms with Gasteiger partial charge in [0.05, 0.1) is 12.0 Å². The van der Waals surface area contributed by atoms with Crippen molar-refractivity contribution >= 4 is 29.2 Å². The molecule has 3 aliphatic carbocycles. The summed E-state index contributed by atoms with van der Waals surface area (Å²) < 4.78 is 5.74. The van der Waals surface area contributed by atoms with Crippen LogP contribution < -0.4 is 5.73 Å². The summed E-state index contributed by atoms with van der Waals surface area (Å²) >= 11 is 0. The molecule has 0 aliphatic heterocycles. The van der Waals surface area contributed by atoms with Gasteiger partial charge in [0.25, 0.3) is 5.91 Å². The van der Waals surface area contributed by atoms with Crippen LogP contribution in [0.25, 0.3) is 5.76 Å². The summed E-state index contributed by atoms with van der Waals surface area (Å²) in [6.45, 7) is 0. The van der Waals surface area contributed by atoms with Crippen LogP contribution in [0.15, 0.2) is 65.4 Å². The molecule has 0 heterocycles. The van der Waals surface area contributed by atoms with E-state index in [1.807, 2.05) is 0 Å². The zero-order chi connectivity index (χ0) is 26.6. The quantitative estimate of drug-likeness (QED) is 0.301. The Morgan fingerprint density at radius 2 is 1.73 bits per heavy atom. The maximum Gasteiger partial charge on any atom is 0.310 e. The van der Waals surface area contributed by atoms with Crippen LogP contribution in [0.1, 0.15) is 23.1 Å². The number of nitrogens with two attached hydrogens (primary N) is 1. The highest BCUT2D eigenvalue weighted by atomic mass is 16.5. The first-order valence-electron chi connectivity index (χ1n) is 11.4. The van der Waals surface area contributed by atoms with Gasteiger partial charge in [0.2, 0.25) is 5.78 Å².